The van der Waals surface area contributed by atoms with Crippen molar-refractivity contribution in [1.29, 1.82) is 0 Å². The van der Waals surface area contributed by atoms with Crippen LogP contribution in [0.1, 0.15) is 409 Å². The summed E-state index contributed by atoms with van der Waals surface area (Å²) >= 11 is 0. The van der Waals surface area contributed by atoms with Gasteiger partial charge in [-0.3, -0.25) is 0 Å². The lowest BCUT2D eigenvalue weighted by atomic mass is 9.90. The summed E-state index contributed by atoms with van der Waals surface area (Å²) in [5, 5.41) is 0. The summed E-state index contributed by atoms with van der Waals surface area (Å²) < 4.78 is 1.65. The highest BCUT2D eigenvalue weighted by Crippen LogP contribution is 2.45. The standard InChI is InChI=1S/C80H132N2/c1-7-13-19-23-25-27-29-31-33-35-37-39-41-43-45-47-49-51-53-55-61-73-66-74(62-56-54-52-50-48-46-44-42-40-38-36-34-32-30-28-26-24-20-14-8-2)70-76(69-73)80-78(64-58-22-16-10-4)77(63-57-21-15-9-3)79(82(80)81)75-67-71(59-17-11-5)65-72(68-75)60-18-12-6/h65-70H,7-54,57-60,63-64H2,1-6H3. The van der Waals surface area contributed by atoms with Crippen molar-refractivity contribution in [2.45, 2.75) is 388 Å². The van der Waals surface area contributed by atoms with E-state index in [-0.39, 0.29) is 0 Å². The quantitative estimate of drug-likeness (QED) is 0.0358. The molecule has 0 unspecified atom stereocenters. The first kappa shape index (κ1) is 72.9. The lowest BCUT2D eigenvalue weighted by Gasteiger charge is -2.13. The van der Waals surface area contributed by atoms with Gasteiger partial charge >= 0.3 is 0 Å². The van der Waals surface area contributed by atoms with E-state index in [1.54, 1.807) is 4.70 Å². The molecule has 0 aromatic heterocycles. The fourth-order valence-corrected chi connectivity index (χ4v) is 12.7. The minimum absolute atomic E-state index is 0.934. The number of benzene rings is 2. The zero-order valence-electron chi connectivity index (χ0n) is 55.5. The molecule has 0 saturated carbocycles. The Morgan fingerprint density at radius 1 is 0.268 bits per heavy atom. The van der Waals surface area contributed by atoms with Gasteiger partial charge in [-0.15, -0.1) is 0 Å². The molecule has 0 saturated heterocycles. The minimum Gasteiger partial charge on any atom is -0.493 e. The predicted octanol–water partition coefficient (Wildman–Crippen LogP) is 27.0. The molecule has 0 amide bonds. The van der Waals surface area contributed by atoms with Crippen LogP contribution in [0.5, 0.6) is 0 Å². The average Bonchev–Trinajstić information content (AvgIpc) is 3.97. The van der Waals surface area contributed by atoms with E-state index in [0.29, 0.717) is 0 Å². The Hall–Kier alpha value is -3.36. The second-order valence-corrected chi connectivity index (χ2v) is 25.8. The second-order valence-electron chi connectivity index (χ2n) is 25.8. The topological polar surface area (TPSA) is 25.3 Å². The van der Waals surface area contributed by atoms with Crippen LogP contribution in [0.15, 0.2) is 47.5 Å². The van der Waals surface area contributed by atoms with Crippen LogP contribution in [0, 0.1) is 23.7 Å². The van der Waals surface area contributed by atoms with Crippen LogP contribution in [0.2, 0.25) is 0 Å². The van der Waals surface area contributed by atoms with Crippen molar-refractivity contribution in [3.8, 4) is 23.7 Å². The zero-order chi connectivity index (χ0) is 58.6. The summed E-state index contributed by atoms with van der Waals surface area (Å²) in [5.74, 6) is 14.6. The largest absolute Gasteiger partial charge is 0.493 e. The maximum absolute atomic E-state index is 13.0. The maximum Gasteiger partial charge on any atom is 0.211 e. The van der Waals surface area contributed by atoms with Crippen LogP contribution in [0.4, 0.5) is 0 Å². The molecule has 2 aromatic rings. The molecule has 1 aliphatic rings. The van der Waals surface area contributed by atoms with Gasteiger partial charge in [0.2, 0.25) is 11.4 Å². The molecule has 0 bridgehead atoms. The highest BCUT2D eigenvalue weighted by Gasteiger charge is 2.36. The first-order valence-electron chi connectivity index (χ1n) is 36.7. The minimum atomic E-state index is 0.934. The molecule has 0 aliphatic carbocycles. The van der Waals surface area contributed by atoms with E-state index in [2.05, 4.69) is 102 Å². The van der Waals surface area contributed by atoms with E-state index < -0.39 is 0 Å². The lowest BCUT2D eigenvalue weighted by molar-refractivity contribution is -0.345. The Balaban J connectivity index is 1.74. The summed E-state index contributed by atoms with van der Waals surface area (Å²) in [4.78, 5) is 0. The van der Waals surface area contributed by atoms with Gasteiger partial charge in [-0.25, -0.2) is 4.70 Å². The van der Waals surface area contributed by atoms with Gasteiger partial charge < -0.3 is 5.53 Å². The summed E-state index contributed by atoms with van der Waals surface area (Å²) in [7, 11) is 0. The summed E-state index contributed by atoms with van der Waals surface area (Å²) in [6.45, 7) is 13.8. The molecule has 0 fully saturated rings. The van der Waals surface area contributed by atoms with Gasteiger partial charge in [-0.1, -0.05) is 341 Å². The number of allylic oxidation sites excluding steroid dienone is 2. The number of unbranched alkanes of at least 4 members (excludes halogenated alkanes) is 44. The van der Waals surface area contributed by atoms with Gasteiger partial charge in [0.05, 0.1) is 0 Å². The van der Waals surface area contributed by atoms with Crippen LogP contribution in [-0.2, 0) is 12.8 Å². The first-order valence-corrected chi connectivity index (χ1v) is 36.7. The normalized spacial score (nSPS) is 12.4. The third-order valence-electron chi connectivity index (χ3n) is 17.9. The van der Waals surface area contributed by atoms with Crippen molar-refractivity contribution in [3.63, 3.8) is 0 Å². The summed E-state index contributed by atoms with van der Waals surface area (Å²) in [5.41, 5.74) is 24.8. The average molecular weight is 1120 g/mol. The van der Waals surface area contributed by atoms with Crippen LogP contribution in [-0.4, -0.2) is 4.70 Å². The van der Waals surface area contributed by atoms with Crippen LogP contribution in [0.25, 0.3) is 16.9 Å². The number of rotatable bonds is 54. The van der Waals surface area contributed by atoms with Crippen LogP contribution < -0.4 is 0 Å². The first-order chi connectivity index (χ1) is 40.5. The van der Waals surface area contributed by atoms with E-state index in [9.17, 15) is 5.53 Å². The monoisotopic (exact) mass is 1120 g/mol. The summed E-state index contributed by atoms with van der Waals surface area (Å²) in [6, 6.07) is 14.1. The number of aryl methyl sites for hydroxylation is 2. The highest BCUT2D eigenvalue weighted by molar-refractivity contribution is 5.83. The predicted molar refractivity (Wildman–Crippen MR) is 366 cm³/mol. The molecular weight excluding hydrogens is 989 g/mol. The molecule has 0 radical (unpaired) electrons. The molecule has 1 aliphatic heterocycles. The fraction of sp³-hybridized carbons (Fsp3) is 0.750. The van der Waals surface area contributed by atoms with Gasteiger partial charge in [0, 0.05) is 46.2 Å². The molecule has 2 heteroatoms. The van der Waals surface area contributed by atoms with Gasteiger partial charge in [-0.05, 0) is 106 Å². The third-order valence-corrected chi connectivity index (χ3v) is 17.9. The van der Waals surface area contributed by atoms with Crippen LogP contribution in [0.3, 0.4) is 0 Å². The van der Waals surface area contributed by atoms with Crippen molar-refractivity contribution >= 4 is 11.4 Å². The van der Waals surface area contributed by atoms with Crippen molar-refractivity contribution in [2.75, 3.05) is 0 Å². The zero-order valence-corrected chi connectivity index (χ0v) is 55.5. The number of hydrogen-bond acceptors (Lipinski definition) is 0. The van der Waals surface area contributed by atoms with Gasteiger partial charge in [0.25, 0.3) is 0 Å². The number of hydrogen-bond donors (Lipinski definition) is 0. The van der Waals surface area contributed by atoms with E-state index >= 15 is 0 Å². The Morgan fingerprint density at radius 3 is 0.817 bits per heavy atom. The molecule has 82 heavy (non-hydrogen) atoms. The van der Waals surface area contributed by atoms with Crippen molar-refractivity contribution in [2.24, 2.45) is 0 Å². The molecular formula is C80H132N2. The number of nitrogens with zero attached hydrogens (tertiary/aromatic N) is 2. The lowest BCUT2D eigenvalue weighted by Crippen LogP contribution is -2.05. The Bertz CT molecular complexity index is 1990. The van der Waals surface area contributed by atoms with E-state index in [1.165, 1.54) is 323 Å². The third kappa shape index (κ3) is 34.6. The highest BCUT2D eigenvalue weighted by atomic mass is 15.2. The van der Waals surface area contributed by atoms with Gasteiger partial charge in [0.1, 0.15) is 0 Å². The van der Waals surface area contributed by atoms with Crippen molar-refractivity contribution in [3.05, 3.63) is 86.5 Å². The maximum atomic E-state index is 13.0. The molecule has 1 heterocycles. The SMILES string of the molecule is CCCCCCCCCCCCCCCCCCCCC#Cc1cc(C#CCCCCCCCCCCCCCCCCCCCC)cc(C2=C(CCCCCC)C(CCCCCC)=C(c3cc(CCCC)cc(CCCC)c3)[N+]2=[N-])c1. The van der Waals surface area contributed by atoms with E-state index in [0.717, 1.165) is 79.5 Å². The summed E-state index contributed by atoms with van der Waals surface area (Å²) in [6.07, 6.45) is 70.6. The fourth-order valence-electron chi connectivity index (χ4n) is 12.7. The Morgan fingerprint density at radius 2 is 0.524 bits per heavy atom. The molecule has 2 aromatic carbocycles. The van der Waals surface area contributed by atoms with Gasteiger partial charge in [-0.2, -0.15) is 0 Å². The van der Waals surface area contributed by atoms with E-state index in [1.807, 2.05) is 0 Å². The Labute approximate surface area is 511 Å². The molecule has 0 atom stereocenters. The van der Waals surface area contributed by atoms with Crippen LogP contribution >= 0.6 is 0 Å². The molecule has 0 spiro atoms. The smallest absolute Gasteiger partial charge is 0.211 e. The Kier molecular flexibility index (Phi) is 46.2. The second kappa shape index (κ2) is 52.0. The van der Waals surface area contributed by atoms with Crippen molar-refractivity contribution < 1.29 is 4.70 Å². The molecule has 0 N–H and O–H groups in total. The van der Waals surface area contributed by atoms with Gasteiger partial charge in [0.15, 0.2) is 0 Å². The van der Waals surface area contributed by atoms with Crippen molar-refractivity contribution in [1.82, 2.24) is 0 Å². The molecule has 3 rings (SSSR count). The van der Waals surface area contributed by atoms with E-state index in [4.69, 9.17) is 0 Å². The molecule has 462 valence electrons. The molecule has 2 nitrogen and oxygen atoms in total.